The number of nitrogens with two attached hydrogens (primary N) is 1. The first-order valence-electron chi connectivity index (χ1n) is 5.07. The monoisotopic (exact) mass is 248 g/mol. The SMILES string of the molecule is Cc1sc2c(-c3ccc(F)cc3)noc2c1N. The van der Waals surface area contributed by atoms with Crippen molar-refractivity contribution in [3.63, 3.8) is 0 Å². The number of rotatable bonds is 1. The summed E-state index contributed by atoms with van der Waals surface area (Å²) in [6, 6.07) is 6.16. The van der Waals surface area contributed by atoms with Crippen LogP contribution in [0.4, 0.5) is 10.1 Å². The summed E-state index contributed by atoms with van der Waals surface area (Å²) in [5.74, 6) is -0.268. The van der Waals surface area contributed by atoms with E-state index < -0.39 is 0 Å². The van der Waals surface area contributed by atoms with Crippen molar-refractivity contribution in [3.8, 4) is 11.3 Å². The van der Waals surface area contributed by atoms with Crippen LogP contribution in [0, 0.1) is 12.7 Å². The van der Waals surface area contributed by atoms with Gasteiger partial charge in [-0.3, -0.25) is 0 Å². The summed E-state index contributed by atoms with van der Waals surface area (Å²) < 4.78 is 19.0. The van der Waals surface area contributed by atoms with Crippen molar-refractivity contribution >= 4 is 27.3 Å². The third-order valence-corrected chi connectivity index (χ3v) is 3.76. The highest BCUT2D eigenvalue weighted by Crippen LogP contribution is 2.39. The number of anilines is 1. The van der Waals surface area contributed by atoms with Gasteiger partial charge >= 0.3 is 0 Å². The molecular formula is C12H9FN2OS. The van der Waals surface area contributed by atoms with Gasteiger partial charge in [0.05, 0.1) is 5.69 Å². The molecule has 0 unspecified atom stereocenters. The van der Waals surface area contributed by atoms with Gasteiger partial charge in [0.2, 0.25) is 5.58 Å². The van der Waals surface area contributed by atoms with Crippen molar-refractivity contribution in [1.29, 1.82) is 0 Å². The molecule has 0 aliphatic carbocycles. The maximum Gasteiger partial charge on any atom is 0.201 e. The molecule has 0 saturated carbocycles. The number of halogens is 1. The molecule has 0 aliphatic heterocycles. The summed E-state index contributed by atoms with van der Waals surface area (Å²) in [5, 5.41) is 3.99. The van der Waals surface area contributed by atoms with Crippen molar-refractivity contribution in [2.45, 2.75) is 6.92 Å². The maximum absolute atomic E-state index is 12.8. The zero-order chi connectivity index (χ0) is 12.0. The highest BCUT2D eigenvalue weighted by molar-refractivity contribution is 7.20. The molecule has 3 nitrogen and oxygen atoms in total. The quantitative estimate of drug-likeness (QED) is 0.716. The van der Waals surface area contributed by atoms with Gasteiger partial charge in [0.1, 0.15) is 16.2 Å². The highest BCUT2D eigenvalue weighted by Gasteiger charge is 2.17. The molecule has 0 fully saturated rings. The molecule has 0 saturated heterocycles. The molecule has 5 heteroatoms. The number of hydrogen-bond acceptors (Lipinski definition) is 4. The second-order valence-corrected chi connectivity index (χ2v) is 4.99. The van der Waals surface area contributed by atoms with Gasteiger partial charge in [0.15, 0.2) is 0 Å². The Balaban J connectivity index is 2.24. The Morgan fingerprint density at radius 3 is 2.71 bits per heavy atom. The summed E-state index contributed by atoms with van der Waals surface area (Å²) in [7, 11) is 0. The summed E-state index contributed by atoms with van der Waals surface area (Å²) in [6.45, 7) is 1.93. The number of nitrogen functional groups attached to an aromatic ring is 1. The Morgan fingerprint density at radius 2 is 2.00 bits per heavy atom. The Hall–Kier alpha value is -1.88. The lowest BCUT2D eigenvalue weighted by molar-refractivity contribution is 0.460. The molecule has 0 spiro atoms. The van der Waals surface area contributed by atoms with Gasteiger partial charge < -0.3 is 10.3 Å². The molecule has 2 N–H and O–H groups in total. The van der Waals surface area contributed by atoms with Crippen LogP contribution in [0.25, 0.3) is 21.5 Å². The van der Waals surface area contributed by atoms with Gasteiger partial charge in [-0.15, -0.1) is 11.3 Å². The van der Waals surface area contributed by atoms with E-state index in [1.54, 1.807) is 12.1 Å². The summed E-state index contributed by atoms with van der Waals surface area (Å²) in [4.78, 5) is 1.00. The van der Waals surface area contributed by atoms with Crippen molar-refractivity contribution in [2.24, 2.45) is 0 Å². The van der Waals surface area contributed by atoms with Gasteiger partial charge in [0.25, 0.3) is 0 Å². The molecule has 3 aromatic rings. The van der Waals surface area contributed by atoms with Crippen LogP contribution in [0.2, 0.25) is 0 Å². The van der Waals surface area contributed by atoms with Crippen molar-refractivity contribution in [2.75, 3.05) is 5.73 Å². The lowest BCUT2D eigenvalue weighted by Crippen LogP contribution is -1.81. The van der Waals surface area contributed by atoms with Crippen molar-refractivity contribution in [3.05, 3.63) is 35.0 Å². The van der Waals surface area contributed by atoms with Gasteiger partial charge in [-0.1, -0.05) is 5.16 Å². The molecule has 3 rings (SSSR count). The summed E-state index contributed by atoms with van der Waals surface area (Å²) >= 11 is 1.54. The van der Waals surface area contributed by atoms with Crippen LogP contribution in [-0.2, 0) is 0 Å². The second kappa shape index (κ2) is 3.56. The van der Waals surface area contributed by atoms with E-state index in [0.717, 1.165) is 15.1 Å². The van der Waals surface area contributed by atoms with Gasteiger partial charge in [-0.2, -0.15) is 0 Å². The van der Waals surface area contributed by atoms with Gasteiger partial charge in [-0.25, -0.2) is 4.39 Å². The van der Waals surface area contributed by atoms with Crippen LogP contribution in [0.15, 0.2) is 28.8 Å². The number of thiophene rings is 1. The fourth-order valence-corrected chi connectivity index (χ4v) is 2.71. The second-order valence-electron chi connectivity index (χ2n) is 3.77. The number of nitrogens with zero attached hydrogens (tertiary/aromatic N) is 1. The molecule has 2 aromatic heterocycles. The molecule has 0 radical (unpaired) electrons. The average Bonchev–Trinajstić information content (AvgIpc) is 2.83. The number of hydrogen-bond donors (Lipinski definition) is 1. The Morgan fingerprint density at radius 1 is 1.29 bits per heavy atom. The van der Waals surface area contributed by atoms with E-state index in [0.29, 0.717) is 17.0 Å². The number of fused-ring (bicyclic) bond motifs is 1. The van der Waals surface area contributed by atoms with Gasteiger partial charge in [-0.05, 0) is 31.2 Å². The first kappa shape index (κ1) is 10.3. The normalized spacial score (nSPS) is 11.2. The predicted octanol–water partition coefficient (Wildman–Crippen LogP) is 3.59. The van der Waals surface area contributed by atoms with E-state index in [1.807, 2.05) is 6.92 Å². The smallest absolute Gasteiger partial charge is 0.201 e. The molecule has 0 aliphatic rings. The van der Waals surface area contributed by atoms with Crippen LogP contribution < -0.4 is 5.73 Å². The Bertz CT molecular complexity index is 684. The minimum atomic E-state index is -0.268. The lowest BCUT2D eigenvalue weighted by atomic mass is 10.1. The minimum absolute atomic E-state index is 0.268. The number of aryl methyl sites for hydroxylation is 1. The third kappa shape index (κ3) is 1.51. The number of benzene rings is 1. The highest BCUT2D eigenvalue weighted by atomic mass is 32.1. The molecular weight excluding hydrogens is 239 g/mol. The molecule has 0 atom stereocenters. The standard InChI is InChI=1S/C12H9FN2OS/c1-6-9(14)11-12(17-6)10(15-16-11)7-2-4-8(13)5-3-7/h2-5H,14H2,1H3. The van der Waals surface area contributed by atoms with Crippen molar-refractivity contribution in [1.82, 2.24) is 5.16 Å². The third-order valence-electron chi connectivity index (χ3n) is 2.65. The topological polar surface area (TPSA) is 52.0 Å². The first-order chi connectivity index (χ1) is 8.16. The first-order valence-corrected chi connectivity index (χ1v) is 5.88. The predicted molar refractivity (Wildman–Crippen MR) is 66.4 cm³/mol. The Kier molecular flexibility index (Phi) is 2.16. The Labute approximate surface area is 101 Å². The molecule has 17 heavy (non-hydrogen) atoms. The summed E-state index contributed by atoms with van der Waals surface area (Å²) in [6.07, 6.45) is 0. The van der Waals surface area contributed by atoms with Crippen LogP contribution in [0.5, 0.6) is 0 Å². The van der Waals surface area contributed by atoms with Crippen LogP contribution >= 0.6 is 11.3 Å². The molecule has 2 heterocycles. The zero-order valence-corrected chi connectivity index (χ0v) is 9.84. The van der Waals surface area contributed by atoms with Crippen LogP contribution in [0.3, 0.4) is 0 Å². The molecule has 0 bridgehead atoms. The molecule has 0 amide bonds. The minimum Gasteiger partial charge on any atom is -0.395 e. The average molecular weight is 248 g/mol. The maximum atomic E-state index is 12.8. The molecule has 86 valence electrons. The lowest BCUT2D eigenvalue weighted by Gasteiger charge is -1.94. The number of aromatic nitrogens is 1. The van der Waals surface area contributed by atoms with Gasteiger partial charge in [0, 0.05) is 10.4 Å². The summed E-state index contributed by atoms with van der Waals surface area (Å²) in [5.41, 5.74) is 8.66. The van der Waals surface area contributed by atoms with E-state index in [1.165, 1.54) is 23.5 Å². The van der Waals surface area contributed by atoms with Crippen LogP contribution in [0.1, 0.15) is 4.88 Å². The van der Waals surface area contributed by atoms with Crippen LogP contribution in [-0.4, -0.2) is 5.16 Å². The fraction of sp³-hybridized carbons (Fsp3) is 0.0833. The van der Waals surface area contributed by atoms with E-state index in [-0.39, 0.29) is 5.82 Å². The van der Waals surface area contributed by atoms with Crippen molar-refractivity contribution < 1.29 is 8.91 Å². The zero-order valence-electron chi connectivity index (χ0n) is 9.03. The van der Waals surface area contributed by atoms with E-state index >= 15 is 0 Å². The van der Waals surface area contributed by atoms with E-state index in [2.05, 4.69) is 5.16 Å². The fourth-order valence-electron chi connectivity index (χ4n) is 1.71. The van der Waals surface area contributed by atoms with E-state index in [4.69, 9.17) is 10.3 Å². The van der Waals surface area contributed by atoms with E-state index in [9.17, 15) is 4.39 Å². The molecule has 1 aromatic carbocycles. The largest absolute Gasteiger partial charge is 0.395 e.